The molecule has 0 radical (unpaired) electrons. The summed E-state index contributed by atoms with van der Waals surface area (Å²) in [5.74, 6) is 1.45. The fourth-order valence-electron chi connectivity index (χ4n) is 1.72. The number of rotatable bonds is 5. The van der Waals surface area contributed by atoms with Crippen LogP contribution in [0.1, 0.15) is 26.7 Å². The predicted octanol–water partition coefficient (Wildman–Crippen LogP) is 1.68. The molecule has 1 aliphatic carbocycles. The zero-order valence-electron chi connectivity index (χ0n) is 8.29. The Morgan fingerprint density at radius 3 is 2.33 bits per heavy atom. The maximum absolute atomic E-state index is 9.85. The molecule has 0 bridgehead atoms. The van der Waals surface area contributed by atoms with Crippen LogP contribution in [0.5, 0.6) is 0 Å². The van der Waals surface area contributed by atoms with Crippen LogP contribution in [-0.2, 0) is 4.74 Å². The number of hydrogen-bond acceptors (Lipinski definition) is 2. The van der Waals surface area contributed by atoms with E-state index in [0.717, 1.165) is 5.92 Å². The van der Waals surface area contributed by atoms with Crippen LogP contribution in [0.25, 0.3) is 0 Å². The number of methoxy groups -OCH3 is 1. The molecule has 1 saturated carbocycles. The highest BCUT2D eigenvalue weighted by molar-refractivity contribution is 4.86. The molecular formula is C10H20O2. The average Bonchev–Trinajstić information content (AvgIpc) is 2.81. The first kappa shape index (κ1) is 10.0. The molecule has 0 aliphatic heterocycles. The van der Waals surface area contributed by atoms with E-state index in [0.29, 0.717) is 18.4 Å². The van der Waals surface area contributed by atoms with Crippen molar-refractivity contribution >= 4 is 0 Å². The zero-order valence-corrected chi connectivity index (χ0v) is 8.29. The molecule has 72 valence electrons. The Balaban J connectivity index is 2.40. The highest BCUT2D eigenvalue weighted by Crippen LogP contribution is 2.39. The van der Waals surface area contributed by atoms with Gasteiger partial charge in [0.1, 0.15) is 0 Å². The Bertz CT molecular complexity index is 130. The number of hydrogen-bond donors (Lipinski definition) is 1. The van der Waals surface area contributed by atoms with Crippen molar-refractivity contribution in [3.63, 3.8) is 0 Å². The van der Waals surface area contributed by atoms with Gasteiger partial charge < -0.3 is 9.84 Å². The van der Waals surface area contributed by atoms with Crippen molar-refractivity contribution in [3.05, 3.63) is 0 Å². The Kier molecular flexibility index (Phi) is 3.53. The van der Waals surface area contributed by atoms with Crippen molar-refractivity contribution in [2.75, 3.05) is 13.7 Å². The van der Waals surface area contributed by atoms with Crippen LogP contribution in [0.15, 0.2) is 0 Å². The Labute approximate surface area is 74.9 Å². The molecule has 0 heterocycles. The van der Waals surface area contributed by atoms with Gasteiger partial charge in [0.2, 0.25) is 0 Å². The summed E-state index contributed by atoms with van der Waals surface area (Å²) in [5, 5.41) is 9.85. The van der Waals surface area contributed by atoms with Crippen LogP contribution >= 0.6 is 0 Å². The van der Waals surface area contributed by atoms with Crippen LogP contribution < -0.4 is 0 Å². The van der Waals surface area contributed by atoms with Gasteiger partial charge in [-0.2, -0.15) is 0 Å². The molecule has 2 atom stereocenters. The molecule has 1 N–H and O–H groups in total. The van der Waals surface area contributed by atoms with E-state index in [1.807, 2.05) is 0 Å². The molecule has 0 spiro atoms. The van der Waals surface area contributed by atoms with Crippen molar-refractivity contribution < 1.29 is 9.84 Å². The Morgan fingerprint density at radius 2 is 2.00 bits per heavy atom. The van der Waals surface area contributed by atoms with Crippen molar-refractivity contribution in [2.45, 2.75) is 32.8 Å². The molecule has 12 heavy (non-hydrogen) atoms. The molecule has 0 aromatic rings. The summed E-state index contributed by atoms with van der Waals surface area (Å²) in [6, 6.07) is 0. The van der Waals surface area contributed by atoms with Crippen LogP contribution in [0, 0.1) is 17.8 Å². The lowest BCUT2D eigenvalue weighted by Crippen LogP contribution is -2.30. The molecule has 0 aromatic heterocycles. The molecule has 1 aliphatic rings. The van der Waals surface area contributed by atoms with Crippen LogP contribution in [-0.4, -0.2) is 24.9 Å². The summed E-state index contributed by atoms with van der Waals surface area (Å²) in [5.41, 5.74) is 0. The summed E-state index contributed by atoms with van der Waals surface area (Å²) >= 11 is 0. The maximum Gasteiger partial charge on any atom is 0.0615 e. The maximum atomic E-state index is 9.85. The van der Waals surface area contributed by atoms with Gasteiger partial charge in [0.15, 0.2) is 0 Å². The summed E-state index contributed by atoms with van der Waals surface area (Å²) in [6.45, 7) is 4.84. The predicted molar refractivity (Wildman–Crippen MR) is 48.9 cm³/mol. The van der Waals surface area contributed by atoms with Gasteiger partial charge in [-0.15, -0.1) is 0 Å². The van der Waals surface area contributed by atoms with E-state index in [9.17, 15) is 5.11 Å². The van der Waals surface area contributed by atoms with Gasteiger partial charge in [0, 0.05) is 13.0 Å². The van der Waals surface area contributed by atoms with Gasteiger partial charge >= 0.3 is 0 Å². The second kappa shape index (κ2) is 4.24. The van der Waals surface area contributed by atoms with Crippen LogP contribution in [0.2, 0.25) is 0 Å². The van der Waals surface area contributed by atoms with Crippen LogP contribution in [0.3, 0.4) is 0 Å². The molecule has 1 fully saturated rings. The Hall–Kier alpha value is -0.0800. The minimum atomic E-state index is -0.183. The third-order valence-electron chi connectivity index (χ3n) is 2.71. The van der Waals surface area contributed by atoms with E-state index in [1.165, 1.54) is 12.8 Å². The fraction of sp³-hybridized carbons (Fsp3) is 1.00. The van der Waals surface area contributed by atoms with Crippen molar-refractivity contribution in [1.29, 1.82) is 0 Å². The third kappa shape index (κ3) is 2.46. The van der Waals surface area contributed by atoms with E-state index in [4.69, 9.17) is 4.74 Å². The molecule has 0 amide bonds. The highest BCUT2D eigenvalue weighted by Gasteiger charge is 2.36. The summed E-state index contributed by atoms with van der Waals surface area (Å²) in [4.78, 5) is 0. The normalized spacial score (nSPS) is 22.8. The van der Waals surface area contributed by atoms with Gasteiger partial charge in [-0.25, -0.2) is 0 Å². The summed E-state index contributed by atoms with van der Waals surface area (Å²) < 4.78 is 5.12. The lowest BCUT2D eigenvalue weighted by Gasteiger charge is -2.24. The topological polar surface area (TPSA) is 29.5 Å². The minimum absolute atomic E-state index is 0.183. The molecule has 2 unspecified atom stereocenters. The number of aliphatic hydroxyl groups is 1. The highest BCUT2D eigenvalue weighted by atomic mass is 16.5. The SMILES string of the molecule is COCC(C1CC1)C(O)C(C)C. The quantitative estimate of drug-likeness (QED) is 0.683. The van der Waals surface area contributed by atoms with Gasteiger partial charge in [0.25, 0.3) is 0 Å². The molecule has 0 saturated heterocycles. The first-order chi connectivity index (χ1) is 5.66. The smallest absolute Gasteiger partial charge is 0.0615 e. The van der Waals surface area contributed by atoms with Gasteiger partial charge in [-0.05, 0) is 24.7 Å². The van der Waals surface area contributed by atoms with E-state index in [1.54, 1.807) is 7.11 Å². The molecule has 2 nitrogen and oxygen atoms in total. The largest absolute Gasteiger partial charge is 0.392 e. The van der Waals surface area contributed by atoms with Gasteiger partial charge in [0.05, 0.1) is 12.7 Å². The van der Waals surface area contributed by atoms with Gasteiger partial charge in [-0.1, -0.05) is 13.8 Å². The zero-order chi connectivity index (χ0) is 9.14. The van der Waals surface area contributed by atoms with Crippen molar-refractivity contribution in [2.24, 2.45) is 17.8 Å². The van der Waals surface area contributed by atoms with Crippen LogP contribution in [0.4, 0.5) is 0 Å². The van der Waals surface area contributed by atoms with Crippen molar-refractivity contribution in [3.8, 4) is 0 Å². The minimum Gasteiger partial charge on any atom is -0.392 e. The van der Waals surface area contributed by atoms with E-state index < -0.39 is 0 Å². The molecule has 1 rings (SSSR count). The average molecular weight is 172 g/mol. The number of aliphatic hydroxyl groups excluding tert-OH is 1. The first-order valence-corrected chi connectivity index (χ1v) is 4.83. The summed E-state index contributed by atoms with van der Waals surface area (Å²) in [7, 11) is 1.71. The van der Waals surface area contributed by atoms with Gasteiger partial charge in [-0.3, -0.25) is 0 Å². The van der Waals surface area contributed by atoms with E-state index in [-0.39, 0.29) is 6.10 Å². The monoisotopic (exact) mass is 172 g/mol. The second-order valence-electron chi connectivity index (χ2n) is 4.19. The fourth-order valence-corrected chi connectivity index (χ4v) is 1.72. The van der Waals surface area contributed by atoms with E-state index >= 15 is 0 Å². The molecule has 0 aromatic carbocycles. The lowest BCUT2D eigenvalue weighted by molar-refractivity contribution is 0.00977. The second-order valence-corrected chi connectivity index (χ2v) is 4.19. The molecule has 2 heteroatoms. The molecular weight excluding hydrogens is 152 g/mol. The lowest BCUT2D eigenvalue weighted by atomic mass is 9.90. The van der Waals surface area contributed by atoms with Crippen molar-refractivity contribution in [1.82, 2.24) is 0 Å². The third-order valence-corrected chi connectivity index (χ3v) is 2.71. The Morgan fingerprint density at radius 1 is 1.42 bits per heavy atom. The van der Waals surface area contributed by atoms with E-state index in [2.05, 4.69) is 13.8 Å². The first-order valence-electron chi connectivity index (χ1n) is 4.83. The number of ether oxygens (including phenoxy) is 1. The summed E-state index contributed by atoms with van der Waals surface area (Å²) in [6.07, 6.45) is 2.37. The standard InChI is InChI=1S/C10H20O2/c1-7(2)10(11)9(6-12-3)8-4-5-8/h7-11H,4-6H2,1-3H3.